The molecule has 0 aliphatic carbocycles. The standard InChI is InChI=1S/C14H13BrO3/c15-14-7-13(6-3-11(14)9-17)18-12-4-1-10(8-16)2-5-12/h1-7,16-17H,8-9H2. The molecule has 0 heterocycles. The lowest BCUT2D eigenvalue weighted by Crippen LogP contribution is -1.89. The van der Waals surface area contributed by atoms with Gasteiger partial charge in [0.05, 0.1) is 13.2 Å². The first-order chi connectivity index (χ1) is 8.72. The summed E-state index contributed by atoms with van der Waals surface area (Å²) in [6.45, 7) is 0.0169. The molecular formula is C14H13BrO3. The maximum Gasteiger partial charge on any atom is 0.128 e. The van der Waals surface area contributed by atoms with Crippen LogP contribution in [0.2, 0.25) is 0 Å². The molecular weight excluding hydrogens is 296 g/mol. The van der Waals surface area contributed by atoms with Crippen molar-refractivity contribution in [3.63, 3.8) is 0 Å². The monoisotopic (exact) mass is 308 g/mol. The van der Waals surface area contributed by atoms with E-state index in [1.807, 2.05) is 24.3 Å². The molecule has 0 unspecified atom stereocenters. The van der Waals surface area contributed by atoms with Crippen LogP contribution in [-0.4, -0.2) is 10.2 Å². The molecule has 0 bridgehead atoms. The minimum atomic E-state index is -0.00788. The summed E-state index contributed by atoms with van der Waals surface area (Å²) in [5, 5.41) is 18.0. The van der Waals surface area contributed by atoms with Crippen LogP contribution in [0.5, 0.6) is 11.5 Å². The van der Waals surface area contributed by atoms with Crippen molar-refractivity contribution in [1.82, 2.24) is 0 Å². The Kier molecular flexibility index (Phi) is 4.36. The van der Waals surface area contributed by atoms with Crippen molar-refractivity contribution in [3.05, 3.63) is 58.1 Å². The zero-order valence-electron chi connectivity index (χ0n) is 9.64. The van der Waals surface area contributed by atoms with Gasteiger partial charge in [-0.3, -0.25) is 0 Å². The lowest BCUT2D eigenvalue weighted by Gasteiger charge is -2.08. The average molecular weight is 309 g/mol. The summed E-state index contributed by atoms with van der Waals surface area (Å²) in [6, 6.07) is 12.7. The predicted molar refractivity (Wildman–Crippen MR) is 72.5 cm³/mol. The van der Waals surface area contributed by atoms with E-state index in [1.165, 1.54) is 0 Å². The highest BCUT2D eigenvalue weighted by Gasteiger charge is 2.02. The van der Waals surface area contributed by atoms with Crippen LogP contribution in [0, 0.1) is 0 Å². The van der Waals surface area contributed by atoms with Gasteiger partial charge in [0, 0.05) is 4.47 Å². The maximum atomic E-state index is 9.06. The summed E-state index contributed by atoms with van der Waals surface area (Å²) in [5.41, 5.74) is 1.66. The molecule has 0 amide bonds. The Labute approximate surface area is 114 Å². The molecule has 0 saturated heterocycles. The van der Waals surface area contributed by atoms with Crippen LogP contribution < -0.4 is 4.74 Å². The first kappa shape index (κ1) is 13.1. The number of rotatable bonds is 4. The van der Waals surface area contributed by atoms with Gasteiger partial charge >= 0.3 is 0 Å². The van der Waals surface area contributed by atoms with E-state index in [1.54, 1.807) is 18.2 Å². The van der Waals surface area contributed by atoms with Crippen molar-refractivity contribution in [2.75, 3.05) is 0 Å². The largest absolute Gasteiger partial charge is 0.457 e. The molecule has 4 heteroatoms. The molecule has 0 aliphatic heterocycles. The Hall–Kier alpha value is -1.36. The van der Waals surface area contributed by atoms with Crippen LogP contribution in [0.25, 0.3) is 0 Å². The molecule has 2 aromatic rings. The molecule has 18 heavy (non-hydrogen) atoms. The molecule has 3 nitrogen and oxygen atoms in total. The molecule has 2 rings (SSSR count). The van der Waals surface area contributed by atoms with Crippen molar-refractivity contribution >= 4 is 15.9 Å². The summed E-state index contributed by atoms with van der Waals surface area (Å²) >= 11 is 3.37. The van der Waals surface area contributed by atoms with Crippen molar-refractivity contribution in [2.45, 2.75) is 13.2 Å². The molecule has 0 aromatic heterocycles. The first-order valence-corrected chi connectivity index (χ1v) is 6.29. The van der Waals surface area contributed by atoms with Gasteiger partial charge in [-0.25, -0.2) is 0 Å². The zero-order chi connectivity index (χ0) is 13.0. The van der Waals surface area contributed by atoms with Crippen LogP contribution >= 0.6 is 15.9 Å². The Morgan fingerprint density at radius 3 is 2.11 bits per heavy atom. The predicted octanol–water partition coefficient (Wildman–Crippen LogP) is 3.23. The smallest absolute Gasteiger partial charge is 0.128 e. The van der Waals surface area contributed by atoms with E-state index in [-0.39, 0.29) is 13.2 Å². The fourth-order valence-electron chi connectivity index (χ4n) is 1.52. The lowest BCUT2D eigenvalue weighted by molar-refractivity contribution is 0.281. The molecule has 0 atom stereocenters. The third-order valence-electron chi connectivity index (χ3n) is 2.54. The number of hydrogen-bond donors (Lipinski definition) is 2. The van der Waals surface area contributed by atoms with E-state index in [0.29, 0.717) is 11.5 Å². The molecule has 0 aliphatic rings. The molecule has 0 radical (unpaired) electrons. The third-order valence-corrected chi connectivity index (χ3v) is 3.27. The van der Waals surface area contributed by atoms with Crippen LogP contribution in [0.15, 0.2) is 46.9 Å². The van der Waals surface area contributed by atoms with E-state index in [0.717, 1.165) is 15.6 Å². The van der Waals surface area contributed by atoms with E-state index < -0.39 is 0 Å². The summed E-state index contributed by atoms with van der Waals surface area (Å²) in [4.78, 5) is 0. The average Bonchev–Trinajstić information content (AvgIpc) is 2.40. The van der Waals surface area contributed by atoms with E-state index in [4.69, 9.17) is 14.9 Å². The second-order valence-corrected chi connectivity index (χ2v) is 4.67. The number of aliphatic hydroxyl groups is 2. The quantitative estimate of drug-likeness (QED) is 0.911. The van der Waals surface area contributed by atoms with Gasteiger partial charge in [-0.1, -0.05) is 34.1 Å². The lowest BCUT2D eigenvalue weighted by atomic mass is 10.2. The van der Waals surface area contributed by atoms with Crippen LogP contribution in [-0.2, 0) is 13.2 Å². The normalized spacial score (nSPS) is 10.4. The maximum absolute atomic E-state index is 9.06. The van der Waals surface area contributed by atoms with Crippen molar-refractivity contribution in [3.8, 4) is 11.5 Å². The second-order valence-electron chi connectivity index (χ2n) is 3.82. The van der Waals surface area contributed by atoms with Gasteiger partial charge in [-0.15, -0.1) is 0 Å². The van der Waals surface area contributed by atoms with Crippen molar-refractivity contribution < 1.29 is 14.9 Å². The summed E-state index contributed by atoms with van der Waals surface area (Å²) in [7, 11) is 0. The van der Waals surface area contributed by atoms with Crippen LogP contribution in [0.4, 0.5) is 0 Å². The van der Waals surface area contributed by atoms with E-state index in [9.17, 15) is 0 Å². The Bertz CT molecular complexity index is 523. The number of halogens is 1. The van der Waals surface area contributed by atoms with Gasteiger partial charge in [0.25, 0.3) is 0 Å². The molecule has 0 spiro atoms. The van der Waals surface area contributed by atoms with Gasteiger partial charge < -0.3 is 14.9 Å². The van der Waals surface area contributed by atoms with Gasteiger partial charge in [0.2, 0.25) is 0 Å². The minimum absolute atomic E-state index is 0.00788. The molecule has 2 N–H and O–H groups in total. The highest BCUT2D eigenvalue weighted by molar-refractivity contribution is 9.10. The van der Waals surface area contributed by atoms with Gasteiger partial charge in [-0.05, 0) is 35.4 Å². The fourth-order valence-corrected chi connectivity index (χ4v) is 2.00. The highest BCUT2D eigenvalue weighted by Crippen LogP contribution is 2.27. The Balaban J connectivity index is 2.15. The Morgan fingerprint density at radius 1 is 0.889 bits per heavy atom. The number of hydrogen-bond acceptors (Lipinski definition) is 3. The zero-order valence-corrected chi connectivity index (χ0v) is 11.2. The van der Waals surface area contributed by atoms with Crippen LogP contribution in [0.3, 0.4) is 0 Å². The summed E-state index contributed by atoms with van der Waals surface area (Å²) in [6.07, 6.45) is 0. The van der Waals surface area contributed by atoms with E-state index >= 15 is 0 Å². The Morgan fingerprint density at radius 2 is 1.56 bits per heavy atom. The molecule has 0 fully saturated rings. The summed E-state index contributed by atoms with van der Waals surface area (Å²) in [5.74, 6) is 1.40. The van der Waals surface area contributed by atoms with Crippen molar-refractivity contribution in [2.24, 2.45) is 0 Å². The van der Waals surface area contributed by atoms with Crippen LogP contribution in [0.1, 0.15) is 11.1 Å². The second kappa shape index (κ2) is 6.00. The third kappa shape index (κ3) is 3.10. The summed E-state index contributed by atoms with van der Waals surface area (Å²) < 4.78 is 6.48. The highest BCUT2D eigenvalue weighted by atomic mass is 79.9. The topological polar surface area (TPSA) is 49.7 Å². The van der Waals surface area contributed by atoms with Gasteiger partial charge in [0.15, 0.2) is 0 Å². The minimum Gasteiger partial charge on any atom is -0.457 e. The number of ether oxygens (including phenoxy) is 1. The first-order valence-electron chi connectivity index (χ1n) is 5.50. The molecule has 0 saturated carbocycles. The fraction of sp³-hybridized carbons (Fsp3) is 0.143. The molecule has 2 aromatic carbocycles. The molecule has 94 valence electrons. The SMILES string of the molecule is OCc1ccc(Oc2ccc(CO)c(Br)c2)cc1. The number of benzene rings is 2. The van der Waals surface area contributed by atoms with Gasteiger partial charge in [-0.2, -0.15) is 0 Å². The number of aliphatic hydroxyl groups excluding tert-OH is 2. The van der Waals surface area contributed by atoms with Crippen molar-refractivity contribution in [1.29, 1.82) is 0 Å². The van der Waals surface area contributed by atoms with E-state index in [2.05, 4.69) is 15.9 Å². The van der Waals surface area contributed by atoms with Gasteiger partial charge in [0.1, 0.15) is 11.5 Å².